The van der Waals surface area contributed by atoms with E-state index in [9.17, 15) is 5.11 Å². The molecule has 0 spiro atoms. The molecule has 3 heteroatoms. The minimum Gasteiger partial charge on any atom is -0.490 e. The number of ether oxygens (including phenoxy) is 1. The largest absolute Gasteiger partial charge is 0.490 e. The van der Waals surface area contributed by atoms with E-state index in [4.69, 9.17) is 4.74 Å². The van der Waals surface area contributed by atoms with Gasteiger partial charge in [-0.25, -0.2) is 0 Å². The minimum absolute atomic E-state index is 0.223. The Kier molecular flexibility index (Phi) is 6.99. The fourth-order valence-electron chi connectivity index (χ4n) is 3.06. The molecule has 28 heavy (non-hydrogen) atoms. The molecule has 0 saturated carbocycles. The Morgan fingerprint density at radius 2 is 1.86 bits per heavy atom. The first-order valence-electron chi connectivity index (χ1n) is 9.74. The highest BCUT2D eigenvalue weighted by atomic mass is 16.5. The molecule has 1 heterocycles. The van der Waals surface area contributed by atoms with Gasteiger partial charge >= 0.3 is 0 Å². The number of benzene rings is 2. The number of aromatic nitrogens is 1. The molecule has 0 amide bonds. The van der Waals surface area contributed by atoms with Crippen molar-refractivity contribution in [1.82, 2.24) is 4.98 Å². The van der Waals surface area contributed by atoms with E-state index in [1.54, 1.807) is 6.08 Å². The van der Waals surface area contributed by atoms with Crippen molar-refractivity contribution in [3.05, 3.63) is 79.2 Å². The van der Waals surface area contributed by atoms with Gasteiger partial charge in [-0.15, -0.1) is 0 Å². The summed E-state index contributed by atoms with van der Waals surface area (Å²) in [5, 5.41) is 11.6. The lowest BCUT2D eigenvalue weighted by Gasteiger charge is -2.07. The maximum absolute atomic E-state index is 9.28. The van der Waals surface area contributed by atoms with Crippen molar-refractivity contribution < 1.29 is 9.84 Å². The van der Waals surface area contributed by atoms with Crippen LogP contribution in [0.25, 0.3) is 28.0 Å². The zero-order valence-electron chi connectivity index (χ0n) is 16.3. The molecule has 0 saturated heterocycles. The van der Waals surface area contributed by atoms with E-state index >= 15 is 0 Å². The van der Waals surface area contributed by atoms with Crippen molar-refractivity contribution in [1.29, 1.82) is 0 Å². The molecule has 0 aliphatic rings. The van der Waals surface area contributed by atoms with Gasteiger partial charge in [-0.3, -0.25) is 4.98 Å². The third kappa shape index (κ3) is 5.54. The molecule has 1 N–H and O–H groups in total. The van der Waals surface area contributed by atoms with E-state index in [2.05, 4.69) is 48.0 Å². The number of pyridine rings is 1. The van der Waals surface area contributed by atoms with Gasteiger partial charge in [-0.05, 0) is 72.9 Å². The standard InChI is InChI=1S/C25H27NO2/c1-3-15-28-25-14-12-20-16-21(9-10-22(20)17-25)23-11-13-24(26-18-23)8-6-4-5-7-19(2)27/h3,6,8-14,16-19,27H,1,4-5,7,15H2,2H3. The molecule has 0 fully saturated rings. The van der Waals surface area contributed by atoms with Gasteiger partial charge in [0.1, 0.15) is 12.4 Å². The molecule has 0 aliphatic heterocycles. The number of allylic oxidation sites excluding steroid dienone is 1. The highest BCUT2D eigenvalue weighted by molar-refractivity contribution is 5.88. The van der Waals surface area contributed by atoms with Gasteiger partial charge in [0.2, 0.25) is 0 Å². The summed E-state index contributed by atoms with van der Waals surface area (Å²) in [4.78, 5) is 4.55. The van der Waals surface area contributed by atoms with E-state index in [1.165, 1.54) is 5.39 Å². The average molecular weight is 373 g/mol. The van der Waals surface area contributed by atoms with Gasteiger partial charge in [0.05, 0.1) is 11.8 Å². The molecule has 2 aromatic carbocycles. The maximum atomic E-state index is 9.28. The Morgan fingerprint density at radius 3 is 2.61 bits per heavy atom. The lowest BCUT2D eigenvalue weighted by Crippen LogP contribution is -1.97. The van der Waals surface area contributed by atoms with Crippen LogP contribution in [-0.2, 0) is 0 Å². The summed E-state index contributed by atoms with van der Waals surface area (Å²) in [5.74, 6) is 0.853. The van der Waals surface area contributed by atoms with Crippen LogP contribution in [0.4, 0.5) is 0 Å². The van der Waals surface area contributed by atoms with E-state index in [0.29, 0.717) is 6.61 Å². The smallest absolute Gasteiger partial charge is 0.120 e. The quantitative estimate of drug-likeness (QED) is 0.368. The number of fused-ring (bicyclic) bond motifs is 1. The van der Waals surface area contributed by atoms with Crippen LogP contribution in [0.2, 0.25) is 0 Å². The second-order valence-corrected chi connectivity index (χ2v) is 6.98. The molecule has 0 bridgehead atoms. The van der Waals surface area contributed by atoms with Crippen LogP contribution < -0.4 is 4.74 Å². The number of aliphatic hydroxyl groups excluding tert-OH is 1. The summed E-state index contributed by atoms with van der Waals surface area (Å²) in [5.41, 5.74) is 3.19. The van der Waals surface area contributed by atoms with E-state index in [1.807, 2.05) is 37.4 Å². The van der Waals surface area contributed by atoms with Crippen LogP contribution in [0.5, 0.6) is 5.75 Å². The third-order valence-electron chi connectivity index (χ3n) is 4.58. The molecule has 1 atom stereocenters. The minimum atomic E-state index is -0.223. The van der Waals surface area contributed by atoms with Crippen LogP contribution in [-0.4, -0.2) is 22.8 Å². The lowest BCUT2D eigenvalue weighted by atomic mass is 10.0. The van der Waals surface area contributed by atoms with Crippen LogP contribution >= 0.6 is 0 Å². The summed E-state index contributed by atoms with van der Waals surface area (Å²) in [7, 11) is 0. The Hall–Kier alpha value is -2.91. The Morgan fingerprint density at radius 1 is 1.07 bits per heavy atom. The average Bonchev–Trinajstić information content (AvgIpc) is 2.71. The van der Waals surface area contributed by atoms with Gasteiger partial charge in [0.15, 0.2) is 0 Å². The van der Waals surface area contributed by atoms with Crippen molar-refractivity contribution in [2.45, 2.75) is 32.3 Å². The lowest BCUT2D eigenvalue weighted by molar-refractivity contribution is 0.182. The number of hydrogen-bond acceptors (Lipinski definition) is 3. The zero-order valence-corrected chi connectivity index (χ0v) is 16.3. The molecule has 1 unspecified atom stereocenters. The van der Waals surface area contributed by atoms with Gasteiger partial charge in [-0.2, -0.15) is 0 Å². The predicted molar refractivity (Wildman–Crippen MR) is 117 cm³/mol. The number of rotatable bonds is 9. The van der Waals surface area contributed by atoms with Crippen molar-refractivity contribution in [3.8, 4) is 16.9 Å². The number of nitrogens with zero attached hydrogens (tertiary/aromatic N) is 1. The van der Waals surface area contributed by atoms with Gasteiger partial charge in [0, 0.05) is 11.8 Å². The van der Waals surface area contributed by atoms with Crippen molar-refractivity contribution in [3.63, 3.8) is 0 Å². The number of aliphatic hydroxyl groups is 1. The highest BCUT2D eigenvalue weighted by Gasteiger charge is 2.02. The van der Waals surface area contributed by atoms with Gasteiger partial charge in [-0.1, -0.05) is 43.0 Å². The summed E-state index contributed by atoms with van der Waals surface area (Å²) in [6.07, 6.45) is 10.4. The molecule has 0 aliphatic carbocycles. The first kappa shape index (κ1) is 19.8. The predicted octanol–water partition coefficient (Wildman–Crippen LogP) is 6.03. The second-order valence-electron chi connectivity index (χ2n) is 6.98. The fraction of sp³-hybridized carbons (Fsp3) is 0.240. The Labute approximate surface area is 167 Å². The molecule has 3 aromatic rings. The monoisotopic (exact) mass is 373 g/mol. The molecular formula is C25H27NO2. The second kappa shape index (κ2) is 9.86. The Bertz CT molecular complexity index is 942. The van der Waals surface area contributed by atoms with Crippen LogP contribution in [0.3, 0.4) is 0 Å². The van der Waals surface area contributed by atoms with Gasteiger partial charge < -0.3 is 9.84 Å². The van der Waals surface area contributed by atoms with E-state index in [-0.39, 0.29) is 6.10 Å². The van der Waals surface area contributed by atoms with Gasteiger partial charge in [0.25, 0.3) is 0 Å². The normalized spacial score (nSPS) is 12.4. The molecule has 1 aromatic heterocycles. The SMILES string of the molecule is C=CCOc1ccc2cc(-c3ccc(C=CCCCC(C)O)nc3)ccc2c1. The number of unbranched alkanes of at least 4 members (excludes halogenated alkanes) is 1. The van der Waals surface area contributed by atoms with Crippen molar-refractivity contribution in [2.75, 3.05) is 6.61 Å². The highest BCUT2D eigenvalue weighted by Crippen LogP contribution is 2.27. The molecule has 0 radical (unpaired) electrons. The van der Waals surface area contributed by atoms with E-state index < -0.39 is 0 Å². The summed E-state index contributed by atoms with van der Waals surface area (Å²) in [6, 6.07) is 16.7. The third-order valence-corrected chi connectivity index (χ3v) is 4.58. The maximum Gasteiger partial charge on any atom is 0.120 e. The topological polar surface area (TPSA) is 42.4 Å². The first-order chi connectivity index (χ1) is 13.7. The fourth-order valence-corrected chi connectivity index (χ4v) is 3.06. The van der Waals surface area contributed by atoms with Crippen LogP contribution in [0, 0.1) is 0 Å². The van der Waals surface area contributed by atoms with Crippen molar-refractivity contribution in [2.24, 2.45) is 0 Å². The van der Waals surface area contributed by atoms with Crippen LogP contribution in [0.1, 0.15) is 31.9 Å². The molecule has 3 nitrogen and oxygen atoms in total. The van der Waals surface area contributed by atoms with E-state index in [0.717, 1.165) is 47.2 Å². The number of hydrogen-bond donors (Lipinski definition) is 1. The van der Waals surface area contributed by atoms with Crippen molar-refractivity contribution >= 4 is 16.8 Å². The summed E-state index contributed by atoms with van der Waals surface area (Å²) < 4.78 is 5.60. The Balaban J connectivity index is 1.68. The molecule has 144 valence electrons. The zero-order chi connectivity index (χ0) is 19.8. The first-order valence-corrected chi connectivity index (χ1v) is 9.74. The van der Waals surface area contributed by atoms with Crippen LogP contribution in [0.15, 0.2) is 73.5 Å². The summed E-state index contributed by atoms with van der Waals surface area (Å²) in [6.45, 7) is 6.01. The molecular weight excluding hydrogens is 346 g/mol. The molecule has 3 rings (SSSR count). The summed E-state index contributed by atoms with van der Waals surface area (Å²) >= 11 is 0.